The van der Waals surface area contributed by atoms with Gasteiger partial charge in [-0.25, -0.2) is 4.39 Å². The predicted molar refractivity (Wildman–Crippen MR) is 80.5 cm³/mol. The van der Waals surface area contributed by atoms with Crippen LogP contribution in [0.15, 0.2) is 32.9 Å². The summed E-state index contributed by atoms with van der Waals surface area (Å²) in [6.07, 6.45) is 0. The number of amides is 1. The van der Waals surface area contributed by atoms with Crippen molar-refractivity contribution in [3.05, 3.63) is 35.6 Å². The molecule has 0 bridgehead atoms. The molecule has 1 heterocycles. The Labute approximate surface area is 128 Å². The third kappa shape index (κ3) is 4.46. The number of rotatable bonds is 6. The lowest BCUT2D eigenvalue weighted by molar-refractivity contribution is -0.115. The molecule has 2 N–H and O–H groups in total. The molecule has 1 atom stereocenters. The molecule has 1 aromatic heterocycles. The fourth-order valence-corrected chi connectivity index (χ4v) is 4.42. The van der Waals surface area contributed by atoms with Crippen molar-refractivity contribution in [2.75, 3.05) is 5.75 Å². The summed E-state index contributed by atoms with van der Waals surface area (Å²) in [7, 11) is 0. The van der Waals surface area contributed by atoms with Crippen molar-refractivity contribution in [1.82, 2.24) is 10.2 Å². The first kappa shape index (κ1) is 15.3. The molecular formula is C12H12FN3OS3. The lowest BCUT2D eigenvalue weighted by Gasteiger charge is -2.08. The van der Waals surface area contributed by atoms with E-state index in [4.69, 9.17) is 5.73 Å². The summed E-state index contributed by atoms with van der Waals surface area (Å²) in [4.78, 5) is 10.7. The van der Waals surface area contributed by atoms with E-state index in [0.717, 1.165) is 14.2 Å². The van der Waals surface area contributed by atoms with Gasteiger partial charge in [0.1, 0.15) is 5.82 Å². The first-order valence-corrected chi connectivity index (χ1v) is 8.39. The van der Waals surface area contributed by atoms with E-state index in [1.807, 2.05) is 6.92 Å². The summed E-state index contributed by atoms with van der Waals surface area (Å²) in [5, 5.41) is 8.20. The molecule has 0 saturated heterocycles. The molecule has 0 fully saturated rings. The summed E-state index contributed by atoms with van der Waals surface area (Å²) >= 11 is 4.26. The van der Waals surface area contributed by atoms with E-state index in [2.05, 4.69) is 10.2 Å². The van der Waals surface area contributed by atoms with Gasteiger partial charge < -0.3 is 5.73 Å². The fraction of sp³-hybridized carbons (Fsp3) is 0.250. The summed E-state index contributed by atoms with van der Waals surface area (Å²) in [5.41, 5.74) is 6.10. The van der Waals surface area contributed by atoms with Crippen molar-refractivity contribution >= 4 is 40.8 Å². The van der Waals surface area contributed by atoms with E-state index in [1.54, 1.807) is 23.9 Å². The number of hydrogen-bond donors (Lipinski definition) is 1. The maximum Gasteiger partial charge on any atom is 0.227 e. The van der Waals surface area contributed by atoms with Gasteiger partial charge in [-0.3, -0.25) is 4.79 Å². The molecule has 0 radical (unpaired) electrons. The topological polar surface area (TPSA) is 68.9 Å². The second-order valence-corrected chi connectivity index (χ2v) is 7.69. The van der Waals surface area contributed by atoms with Crippen LogP contribution in [0, 0.1) is 5.82 Å². The highest BCUT2D eigenvalue weighted by atomic mass is 32.2. The molecule has 20 heavy (non-hydrogen) atoms. The van der Waals surface area contributed by atoms with Gasteiger partial charge in [-0.15, -0.1) is 10.2 Å². The molecule has 1 amide bonds. The number of hydrogen-bond acceptors (Lipinski definition) is 6. The number of thioether (sulfide) groups is 2. The van der Waals surface area contributed by atoms with Crippen LogP contribution in [0.3, 0.4) is 0 Å². The minimum absolute atomic E-state index is 0.151. The highest BCUT2D eigenvalue weighted by molar-refractivity contribution is 8.03. The number of carbonyl (C=O) groups excluding carboxylic acids is 1. The molecule has 0 spiro atoms. The quantitative estimate of drug-likeness (QED) is 0.825. The van der Waals surface area contributed by atoms with Crippen LogP contribution in [0.1, 0.15) is 17.7 Å². The number of benzene rings is 1. The maximum absolute atomic E-state index is 12.9. The lowest BCUT2D eigenvalue weighted by atomic mass is 10.2. The van der Waals surface area contributed by atoms with Crippen LogP contribution in [0.4, 0.5) is 4.39 Å². The minimum Gasteiger partial charge on any atom is -0.369 e. The van der Waals surface area contributed by atoms with Gasteiger partial charge in [0.05, 0.1) is 5.75 Å². The van der Waals surface area contributed by atoms with Gasteiger partial charge in [0.15, 0.2) is 8.68 Å². The van der Waals surface area contributed by atoms with Gasteiger partial charge in [-0.2, -0.15) is 0 Å². The summed E-state index contributed by atoms with van der Waals surface area (Å²) in [5.74, 6) is -0.418. The van der Waals surface area contributed by atoms with Crippen LogP contribution in [0.2, 0.25) is 0 Å². The Bertz CT molecular complexity index is 588. The average Bonchev–Trinajstić information content (AvgIpc) is 2.84. The zero-order chi connectivity index (χ0) is 14.5. The predicted octanol–water partition coefficient (Wildman–Crippen LogP) is 3.11. The van der Waals surface area contributed by atoms with Crippen LogP contribution in [-0.2, 0) is 4.79 Å². The largest absolute Gasteiger partial charge is 0.369 e. The Kier molecular flexibility index (Phi) is 5.38. The van der Waals surface area contributed by atoms with Crippen molar-refractivity contribution < 1.29 is 9.18 Å². The zero-order valence-corrected chi connectivity index (χ0v) is 13.0. The Morgan fingerprint density at radius 1 is 1.35 bits per heavy atom. The highest BCUT2D eigenvalue weighted by Gasteiger charge is 2.12. The number of halogens is 1. The van der Waals surface area contributed by atoms with Crippen LogP contribution in [-0.4, -0.2) is 21.9 Å². The van der Waals surface area contributed by atoms with E-state index in [0.29, 0.717) is 0 Å². The van der Waals surface area contributed by atoms with Gasteiger partial charge in [0.2, 0.25) is 5.91 Å². The minimum atomic E-state index is -0.376. The van der Waals surface area contributed by atoms with E-state index in [-0.39, 0.29) is 22.7 Å². The van der Waals surface area contributed by atoms with Crippen LogP contribution in [0.25, 0.3) is 0 Å². The van der Waals surface area contributed by atoms with Crippen LogP contribution >= 0.6 is 34.9 Å². The number of nitrogens with zero attached hydrogens (tertiary/aromatic N) is 2. The van der Waals surface area contributed by atoms with E-state index in [9.17, 15) is 9.18 Å². The second-order valence-electron chi connectivity index (χ2n) is 3.90. The van der Waals surface area contributed by atoms with Crippen LogP contribution in [0.5, 0.6) is 0 Å². The average molecular weight is 329 g/mol. The molecule has 8 heteroatoms. The van der Waals surface area contributed by atoms with Gasteiger partial charge in [0, 0.05) is 5.25 Å². The molecular weight excluding hydrogens is 317 g/mol. The van der Waals surface area contributed by atoms with Gasteiger partial charge in [-0.1, -0.05) is 47.0 Å². The van der Waals surface area contributed by atoms with Crippen molar-refractivity contribution in [2.24, 2.45) is 5.73 Å². The van der Waals surface area contributed by atoms with Crippen molar-refractivity contribution in [2.45, 2.75) is 20.9 Å². The standard InChI is InChI=1S/C12H12FN3OS3/c1-7(8-2-4-9(13)5-3-8)19-12-16-15-11(20-12)18-6-10(14)17/h2-5,7H,6H2,1H3,(H2,14,17). The molecule has 0 aliphatic carbocycles. The maximum atomic E-state index is 12.9. The van der Waals surface area contributed by atoms with Crippen molar-refractivity contribution in [3.8, 4) is 0 Å². The monoisotopic (exact) mass is 329 g/mol. The van der Waals surface area contributed by atoms with Gasteiger partial charge in [-0.05, 0) is 24.6 Å². The summed E-state index contributed by atoms with van der Waals surface area (Å²) < 4.78 is 14.4. The molecule has 0 aliphatic rings. The molecule has 0 aliphatic heterocycles. The van der Waals surface area contributed by atoms with E-state index < -0.39 is 0 Å². The molecule has 1 unspecified atom stereocenters. The number of primary amides is 1. The van der Waals surface area contributed by atoms with Crippen molar-refractivity contribution in [1.29, 1.82) is 0 Å². The first-order chi connectivity index (χ1) is 9.54. The lowest BCUT2D eigenvalue weighted by Crippen LogP contribution is -2.12. The van der Waals surface area contributed by atoms with Gasteiger partial charge in [0.25, 0.3) is 0 Å². The Hall–Kier alpha value is -1.12. The summed E-state index contributed by atoms with van der Waals surface area (Å²) in [6, 6.07) is 6.41. The SMILES string of the molecule is CC(Sc1nnc(SCC(N)=O)s1)c1ccc(F)cc1. The third-order valence-corrected chi connectivity index (χ3v) is 5.66. The first-order valence-electron chi connectivity index (χ1n) is 5.71. The third-order valence-electron chi connectivity index (χ3n) is 2.34. The normalized spacial score (nSPS) is 12.3. The smallest absolute Gasteiger partial charge is 0.227 e. The van der Waals surface area contributed by atoms with Crippen molar-refractivity contribution in [3.63, 3.8) is 0 Å². The molecule has 2 aromatic rings. The zero-order valence-electron chi connectivity index (χ0n) is 10.6. The number of aromatic nitrogens is 2. The summed E-state index contributed by atoms with van der Waals surface area (Å²) in [6.45, 7) is 2.02. The number of carbonyl (C=O) groups is 1. The Morgan fingerprint density at radius 2 is 2.00 bits per heavy atom. The van der Waals surface area contributed by atoms with Crippen LogP contribution < -0.4 is 5.73 Å². The second kappa shape index (κ2) is 7.05. The highest BCUT2D eigenvalue weighted by Crippen LogP contribution is 2.37. The molecule has 4 nitrogen and oxygen atoms in total. The molecule has 0 saturated carbocycles. The number of nitrogens with two attached hydrogens (primary N) is 1. The Morgan fingerprint density at radius 3 is 2.65 bits per heavy atom. The van der Waals surface area contributed by atoms with E-state index >= 15 is 0 Å². The molecule has 1 aromatic carbocycles. The molecule has 2 rings (SSSR count). The molecule has 106 valence electrons. The van der Waals surface area contributed by atoms with Gasteiger partial charge >= 0.3 is 0 Å². The van der Waals surface area contributed by atoms with E-state index in [1.165, 1.54) is 35.2 Å². The fourth-order valence-electron chi connectivity index (χ4n) is 1.39. The Balaban J connectivity index is 1.95.